The molecule has 0 radical (unpaired) electrons. The normalized spacial score (nSPS) is 19.1. The van der Waals surface area contributed by atoms with Gasteiger partial charge in [0, 0.05) is 32.2 Å². The van der Waals surface area contributed by atoms with Gasteiger partial charge in [-0.3, -0.25) is 4.90 Å². The van der Waals surface area contributed by atoms with Gasteiger partial charge in [0.15, 0.2) is 0 Å². The van der Waals surface area contributed by atoms with E-state index in [1.54, 1.807) is 4.90 Å². The molecule has 0 bridgehead atoms. The molecule has 5 heteroatoms. The average Bonchev–Trinajstić information content (AvgIpc) is 2.30. The van der Waals surface area contributed by atoms with Crippen molar-refractivity contribution in [1.29, 1.82) is 0 Å². The zero-order valence-corrected chi connectivity index (χ0v) is 11.0. The van der Waals surface area contributed by atoms with E-state index in [1.165, 1.54) is 0 Å². The Labute approximate surface area is 104 Å². The van der Waals surface area contributed by atoms with Crippen LogP contribution in [0.4, 0.5) is 4.79 Å². The third-order valence-electron chi connectivity index (χ3n) is 3.03. The van der Waals surface area contributed by atoms with Crippen molar-refractivity contribution < 1.29 is 9.53 Å². The first-order valence-corrected chi connectivity index (χ1v) is 6.53. The summed E-state index contributed by atoms with van der Waals surface area (Å²) in [4.78, 5) is 15.6. The molecule has 1 fully saturated rings. The number of ether oxygens (including phenoxy) is 1. The Balaban J connectivity index is 2.15. The van der Waals surface area contributed by atoms with Crippen molar-refractivity contribution in [3.05, 3.63) is 0 Å². The summed E-state index contributed by atoms with van der Waals surface area (Å²) in [6.07, 6.45) is 2.03. The number of carbonyl (C=O) groups excluding carboxylic acids is 1. The summed E-state index contributed by atoms with van der Waals surface area (Å²) < 4.78 is 4.98. The molecule has 1 saturated heterocycles. The van der Waals surface area contributed by atoms with Crippen molar-refractivity contribution in [3.8, 4) is 0 Å². The summed E-state index contributed by atoms with van der Waals surface area (Å²) in [5, 5.41) is 0. The lowest BCUT2D eigenvalue weighted by molar-refractivity contribution is 0.0791. The van der Waals surface area contributed by atoms with E-state index in [-0.39, 0.29) is 12.1 Å². The van der Waals surface area contributed by atoms with Gasteiger partial charge in [-0.1, -0.05) is 0 Å². The van der Waals surface area contributed by atoms with E-state index < -0.39 is 0 Å². The minimum absolute atomic E-state index is 0.178. The van der Waals surface area contributed by atoms with Crippen molar-refractivity contribution in [2.24, 2.45) is 5.73 Å². The van der Waals surface area contributed by atoms with Crippen molar-refractivity contribution in [2.45, 2.75) is 32.7 Å². The Morgan fingerprint density at radius 1 is 1.35 bits per heavy atom. The molecule has 0 aromatic rings. The molecule has 1 unspecified atom stereocenters. The van der Waals surface area contributed by atoms with Gasteiger partial charge in [0.25, 0.3) is 0 Å². The molecule has 0 aromatic carbocycles. The van der Waals surface area contributed by atoms with Gasteiger partial charge in [-0.05, 0) is 33.2 Å². The van der Waals surface area contributed by atoms with Crippen molar-refractivity contribution in [1.82, 2.24) is 9.80 Å². The van der Waals surface area contributed by atoms with Crippen molar-refractivity contribution in [3.63, 3.8) is 0 Å². The molecule has 0 spiro atoms. The standard InChI is InChI=1S/C12H25N3O2/c1-3-17-12(16)15-9-7-14(8-10-15)6-4-5-11(2)13/h11H,3-10,13H2,1-2H3. The van der Waals surface area contributed by atoms with Gasteiger partial charge >= 0.3 is 6.09 Å². The molecule has 0 aliphatic carbocycles. The molecule has 100 valence electrons. The van der Waals surface area contributed by atoms with E-state index in [9.17, 15) is 4.79 Å². The molecule has 0 saturated carbocycles. The quantitative estimate of drug-likeness (QED) is 0.779. The largest absolute Gasteiger partial charge is 0.450 e. The fourth-order valence-electron chi connectivity index (χ4n) is 2.01. The number of carbonyl (C=O) groups is 1. The van der Waals surface area contributed by atoms with Gasteiger partial charge in [0.05, 0.1) is 6.61 Å². The van der Waals surface area contributed by atoms with Gasteiger partial charge in [-0.15, -0.1) is 0 Å². The van der Waals surface area contributed by atoms with Gasteiger partial charge in [0.1, 0.15) is 0 Å². The molecule has 1 aliphatic heterocycles. The maximum Gasteiger partial charge on any atom is 0.409 e. The predicted octanol–water partition coefficient (Wildman–Crippen LogP) is 0.888. The highest BCUT2D eigenvalue weighted by atomic mass is 16.6. The molecule has 1 heterocycles. The van der Waals surface area contributed by atoms with E-state index in [4.69, 9.17) is 10.5 Å². The maximum absolute atomic E-state index is 11.5. The van der Waals surface area contributed by atoms with Crippen molar-refractivity contribution >= 4 is 6.09 Å². The Hall–Kier alpha value is -0.810. The second-order valence-electron chi connectivity index (χ2n) is 4.65. The first-order valence-electron chi connectivity index (χ1n) is 6.53. The van der Waals surface area contributed by atoms with Gasteiger partial charge < -0.3 is 15.4 Å². The van der Waals surface area contributed by atoms with Crippen LogP contribution in [-0.4, -0.2) is 61.3 Å². The highest BCUT2D eigenvalue weighted by molar-refractivity contribution is 5.67. The smallest absolute Gasteiger partial charge is 0.409 e. The predicted molar refractivity (Wildman–Crippen MR) is 67.9 cm³/mol. The first-order chi connectivity index (χ1) is 8.13. The number of amides is 1. The number of rotatable bonds is 5. The van der Waals surface area contributed by atoms with Crippen LogP contribution in [0.1, 0.15) is 26.7 Å². The maximum atomic E-state index is 11.5. The molecular weight excluding hydrogens is 218 g/mol. The fraction of sp³-hybridized carbons (Fsp3) is 0.917. The number of nitrogens with zero attached hydrogens (tertiary/aromatic N) is 2. The minimum Gasteiger partial charge on any atom is -0.450 e. The minimum atomic E-state index is -0.178. The summed E-state index contributed by atoms with van der Waals surface area (Å²) in [6, 6.07) is 0.288. The lowest BCUT2D eigenvalue weighted by Gasteiger charge is -2.34. The number of hydrogen-bond acceptors (Lipinski definition) is 4. The molecule has 1 aliphatic rings. The van der Waals surface area contributed by atoms with Crippen molar-refractivity contribution in [2.75, 3.05) is 39.3 Å². The lowest BCUT2D eigenvalue weighted by Crippen LogP contribution is -2.49. The van der Waals surface area contributed by atoms with E-state index in [1.807, 2.05) is 13.8 Å². The van der Waals surface area contributed by atoms with Crippen LogP contribution < -0.4 is 5.73 Å². The van der Waals surface area contributed by atoms with Crippen LogP contribution in [0.3, 0.4) is 0 Å². The molecule has 0 aromatic heterocycles. The molecule has 1 rings (SSSR count). The second kappa shape index (κ2) is 7.50. The molecule has 17 heavy (non-hydrogen) atoms. The Bertz CT molecular complexity index is 226. The number of piperazine rings is 1. The topological polar surface area (TPSA) is 58.8 Å². The first kappa shape index (κ1) is 14.3. The fourth-order valence-corrected chi connectivity index (χ4v) is 2.01. The van der Waals surface area contributed by atoms with E-state index >= 15 is 0 Å². The Morgan fingerprint density at radius 3 is 2.53 bits per heavy atom. The van der Waals surface area contributed by atoms with Crippen LogP contribution >= 0.6 is 0 Å². The van der Waals surface area contributed by atoms with Crippen LogP contribution in [-0.2, 0) is 4.74 Å². The molecule has 1 atom stereocenters. The van der Waals surface area contributed by atoms with E-state index in [2.05, 4.69) is 4.90 Å². The highest BCUT2D eigenvalue weighted by Gasteiger charge is 2.21. The number of nitrogens with two attached hydrogens (primary N) is 1. The summed E-state index contributed by atoms with van der Waals surface area (Å²) in [6.45, 7) is 8.84. The van der Waals surface area contributed by atoms with Crippen LogP contribution in [0.25, 0.3) is 0 Å². The second-order valence-corrected chi connectivity index (χ2v) is 4.65. The van der Waals surface area contributed by atoms with E-state index in [0.717, 1.165) is 45.6 Å². The van der Waals surface area contributed by atoms with Crippen LogP contribution in [0, 0.1) is 0 Å². The van der Waals surface area contributed by atoms with Gasteiger partial charge in [-0.25, -0.2) is 4.79 Å². The monoisotopic (exact) mass is 243 g/mol. The lowest BCUT2D eigenvalue weighted by atomic mass is 10.2. The Kier molecular flexibility index (Phi) is 6.29. The van der Waals surface area contributed by atoms with Crippen LogP contribution in [0.5, 0.6) is 0 Å². The summed E-state index contributed by atoms with van der Waals surface area (Å²) in [7, 11) is 0. The summed E-state index contributed by atoms with van der Waals surface area (Å²) in [5.74, 6) is 0. The third kappa shape index (κ3) is 5.37. The number of hydrogen-bond donors (Lipinski definition) is 1. The SMILES string of the molecule is CCOC(=O)N1CCN(CCCC(C)N)CC1. The molecular formula is C12H25N3O2. The zero-order chi connectivity index (χ0) is 12.7. The molecule has 2 N–H and O–H groups in total. The zero-order valence-electron chi connectivity index (χ0n) is 11.0. The van der Waals surface area contributed by atoms with Gasteiger partial charge in [0.2, 0.25) is 0 Å². The summed E-state index contributed by atoms with van der Waals surface area (Å²) in [5.41, 5.74) is 5.72. The molecule has 5 nitrogen and oxygen atoms in total. The van der Waals surface area contributed by atoms with E-state index in [0.29, 0.717) is 6.61 Å². The third-order valence-corrected chi connectivity index (χ3v) is 3.03. The highest BCUT2D eigenvalue weighted by Crippen LogP contribution is 2.05. The van der Waals surface area contributed by atoms with Gasteiger partial charge in [-0.2, -0.15) is 0 Å². The molecule has 1 amide bonds. The summed E-state index contributed by atoms with van der Waals surface area (Å²) >= 11 is 0. The average molecular weight is 243 g/mol. The van der Waals surface area contributed by atoms with Crippen LogP contribution in [0.2, 0.25) is 0 Å². The Morgan fingerprint density at radius 2 is 2.00 bits per heavy atom. The van der Waals surface area contributed by atoms with Crippen LogP contribution in [0.15, 0.2) is 0 Å².